The van der Waals surface area contributed by atoms with Gasteiger partial charge in [-0.3, -0.25) is 0 Å². The molecular weight excluding hydrogens is 397 g/mol. The largest absolute Gasteiger partial charge is 0.432 e. The maximum atomic E-state index is 13.5. The summed E-state index contributed by atoms with van der Waals surface area (Å²) < 4.78 is 18.7. The highest BCUT2D eigenvalue weighted by atomic mass is 35.5. The Hall–Kier alpha value is -3.10. The van der Waals surface area contributed by atoms with Crippen LogP contribution in [0.1, 0.15) is 18.1 Å². The molecule has 2 aromatic heterocycles. The molecule has 0 spiro atoms. The number of rotatable bonds is 7. The first-order valence-electron chi connectivity index (χ1n) is 8.94. The zero-order valence-corrected chi connectivity index (χ0v) is 16.3. The number of anilines is 2. The van der Waals surface area contributed by atoms with Crippen LogP contribution in [-0.4, -0.2) is 26.7 Å². The van der Waals surface area contributed by atoms with E-state index in [2.05, 4.69) is 25.6 Å². The monoisotopic (exact) mass is 415 g/mol. The molecule has 1 atom stereocenters. The van der Waals surface area contributed by atoms with Gasteiger partial charge in [-0.05, 0) is 36.2 Å². The molecule has 0 aliphatic heterocycles. The number of nitrogens with one attached hydrogen (secondary N) is 3. The number of nitrogens with zero attached hydrogens (tertiary/aromatic N) is 2. The number of benzene rings is 2. The fraction of sp³-hybridized carbons (Fsp3) is 0.200. The van der Waals surface area contributed by atoms with Crippen molar-refractivity contribution in [3.8, 4) is 0 Å². The summed E-state index contributed by atoms with van der Waals surface area (Å²) in [5.74, 6) is -0.0387. The normalized spacial score (nSPS) is 13.4. The predicted octanol–water partition coefficient (Wildman–Crippen LogP) is 4.28. The molecule has 0 amide bonds. The Kier molecular flexibility index (Phi) is 5.12. The van der Waals surface area contributed by atoms with Crippen molar-refractivity contribution >= 4 is 34.6 Å². The van der Waals surface area contributed by atoms with E-state index in [0.717, 1.165) is 16.6 Å². The molecule has 9 heteroatoms. The molecule has 0 saturated heterocycles. The van der Waals surface area contributed by atoms with Crippen LogP contribution >= 0.6 is 11.6 Å². The van der Waals surface area contributed by atoms with E-state index in [9.17, 15) is 9.50 Å². The number of aliphatic hydroxyl groups is 1. The molecule has 1 unspecified atom stereocenters. The molecule has 4 N–H and O–H groups in total. The van der Waals surface area contributed by atoms with E-state index in [-0.39, 0.29) is 11.6 Å². The first-order chi connectivity index (χ1) is 14.0. The van der Waals surface area contributed by atoms with E-state index in [1.807, 2.05) is 18.2 Å². The van der Waals surface area contributed by atoms with Gasteiger partial charge in [-0.2, -0.15) is 0 Å². The minimum absolute atomic E-state index is 0.00604. The van der Waals surface area contributed by atoms with Gasteiger partial charge in [0, 0.05) is 6.54 Å². The fourth-order valence-electron chi connectivity index (χ4n) is 3.08. The first kappa shape index (κ1) is 19.2. The zero-order chi connectivity index (χ0) is 20.4. The van der Waals surface area contributed by atoms with Crippen molar-refractivity contribution < 1.29 is 13.9 Å². The second-order valence-corrected chi connectivity index (χ2v) is 7.24. The maximum Gasteiger partial charge on any atom is 0.294 e. The molecule has 0 aliphatic carbocycles. The van der Waals surface area contributed by atoms with Gasteiger partial charge in [0.15, 0.2) is 0 Å². The van der Waals surface area contributed by atoms with Crippen molar-refractivity contribution in [3.05, 3.63) is 70.8 Å². The first-order valence-corrected chi connectivity index (χ1v) is 9.32. The topological polar surface area (TPSA) is 99.0 Å². The quantitative estimate of drug-likeness (QED) is 0.359. The van der Waals surface area contributed by atoms with Crippen molar-refractivity contribution in [1.82, 2.24) is 15.0 Å². The highest BCUT2D eigenvalue weighted by Gasteiger charge is 2.28. The second-order valence-electron chi connectivity index (χ2n) is 6.83. The number of hydrogen-bond acceptors (Lipinski definition) is 6. The number of oxazole rings is 1. The summed E-state index contributed by atoms with van der Waals surface area (Å²) in [5, 5.41) is 16.3. The average molecular weight is 416 g/mol. The predicted molar refractivity (Wildman–Crippen MR) is 109 cm³/mol. The Labute approximate surface area is 170 Å². The molecule has 150 valence electrons. The Morgan fingerprint density at radius 3 is 2.90 bits per heavy atom. The number of fused-ring (bicyclic) bond motifs is 1. The molecule has 29 heavy (non-hydrogen) atoms. The number of hydrogen-bond donors (Lipinski definition) is 4. The third-order valence-corrected chi connectivity index (χ3v) is 5.02. The van der Waals surface area contributed by atoms with Crippen LogP contribution in [0.15, 0.2) is 53.3 Å². The van der Waals surface area contributed by atoms with Crippen LogP contribution in [0.5, 0.6) is 0 Å². The summed E-state index contributed by atoms with van der Waals surface area (Å²) in [7, 11) is 0. The molecule has 4 rings (SSSR count). The number of imidazole rings is 1. The van der Waals surface area contributed by atoms with E-state index in [0.29, 0.717) is 24.1 Å². The maximum absolute atomic E-state index is 13.5. The molecule has 0 radical (unpaired) electrons. The number of aliphatic hydroxyl groups excluding tert-OH is 1. The summed E-state index contributed by atoms with van der Waals surface area (Å²) in [6.07, 6.45) is 3.06. The lowest BCUT2D eigenvalue weighted by atomic mass is 9.93. The van der Waals surface area contributed by atoms with Gasteiger partial charge >= 0.3 is 0 Å². The van der Waals surface area contributed by atoms with E-state index in [1.54, 1.807) is 19.2 Å². The van der Waals surface area contributed by atoms with Crippen LogP contribution in [0.2, 0.25) is 5.02 Å². The van der Waals surface area contributed by atoms with Crippen LogP contribution in [0.4, 0.5) is 16.4 Å². The van der Waals surface area contributed by atoms with Gasteiger partial charge in [0.05, 0.1) is 34.4 Å². The van der Waals surface area contributed by atoms with Crippen LogP contribution in [-0.2, 0) is 12.1 Å². The van der Waals surface area contributed by atoms with E-state index in [1.165, 1.54) is 18.4 Å². The van der Waals surface area contributed by atoms with Crippen LogP contribution in [0.3, 0.4) is 0 Å². The second kappa shape index (κ2) is 7.73. The van der Waals surface area contributed by atoms with Crippen molar-refractivity contribution in [1.29, 1.82) is 0 Å². The molecule has 0 saturated carbocycles. The molecular formula is C20H19ClFN5O2. The number of H-pyrrole nitrogens is 1. The van der Waals surface area contributed by atoms with Crippen LogP contribution in [0.25, 0.3) is 11.0 Å². The summed E-state index contributed by atoms with van der Waals surface area (Å²) in [6, 6.07) is 10.6. The van der Waals surface area contributed by atoms with Gasteiger partial charge in [-0.25, -0.2) is 14.4 Å². The van der Waals surface area contributed by atoms with Crippen molar-refractivity contribution in [3.63, 3.8) is 0 Å². The molecule has 0 aliphatic rings. The standard InChI is InChI=1S/C20H19ClFN5O2/c1-20(11-28,13-5-6-15(22)14(21)9-13)27-18-25-16-4-2-3-12(17(16)26-18)10-24-19-23-7-8-29-19/h2-9,28H,10-11H2,1H3,(H,23,24)(H2,25,26,27). The SMILES string of the molecule is CC(CO)(Nc1nc2c(CNc3ncco3)cccc2[nH]1)c1ccc(F)c(Cl)c1. The molecule has 0 bridgehead atoms. The van der Waals surface area contributed by atoms with Gasteiger partial charge in [0.2, 0.25) is 5.95 Å². The van der Waals surface area contributed by atoms with Crippen LogP contribution < -0.4 is 10.6 Å². The lowest BCUT2D eigenvalue weighted by Crippen LogP contribution is -2.36. The minimum Gasteiger partial charge on any atom is -0.432 e. The summed E-state index contributed by atoms with van der Waals surface area (Å²) in [6.45, 7) is 2.02. The third-order valence-electron chi connectivity index (χ3n) is 4.73. The minimum atomic E-state index is -0.915. The third kappa shape index (κ3) is 3.90. The lowest BCUT2D eigenvalue weighted by molar-refractivity contribution is 0.223. The van der Waals surface area contributed by atoms with Crippen molar-refractivity contribution in [2.45, 2.75) is 19.0 Å². The Morgan fingerprint density at radius 1 is 1.31 bits per heavy atom. The Morgan fingerprint density at radius 2 is 2.17 bits per heavy atom. The molecule has 0 fully saturated rings. The van der Waals surface area contributed by atoms with Gasteiger partial charge < -0.3 is 25.1 Å². The number of halogens is 2. The fourth-order valence-corrected chi connectivity index (χ4v) is 3.26. The van der Waals surface area contributed by atoms with E-state index >= 15 is 0 Å². The van der Waals surface area contributed by atoms with Gasteiger partial charge in [0.25, 0.3) is 6.01 Å². The number of aromatic amines is 1. The van der Waals surface area contributed by atoms with Crippen LogP contribution in [0, 0.1) is 5.82 Å². The van der Waals surface area contributed by atoms with E-state index in [4.69, 9.17) is 16.0 Å². The molecule has 4 aromatic rings. The summed E-state index contributed by atoms with van der Waals surface area (Å²) in [4.78, 5) is 11.9. The zero-order valence-electron chi connectivity index (χ0n) is 15.5. The summed E-state index contributed by atoms with van der Waals surface area (Å²) >= 11 is 5.91. The molecule has 7 nitrogen and oxygen atoms in total. The summed E-state index contributed by atoms with van der Waals surface area (Å²) in [5.41, 5.74) is 2.27. The molecule has 2 heterocycles. The smallest absolute Gasteiger partial charge is 0.294 e. The van der Waals surface area contributed by atoms with Gasteiger partial charge in [-0.1, -0.05) is 29.8 Å². The van der Waals surface area contributed by atoms with Gasteiger partial charge in [-0.15, -0.1) is 0 Å². The Balaban J connectivity index is 1.61. The highest BCUT2D eigenvalue weighted by molar-refractivity contribution is 6.30. The highest BCUT2D eigenvalue weighted by Crippen LogP contribution is 2.29. The number of aromatic nitrogens is 3. The average Bonchev–Trinajstić information content (AvgIpc) is 3.37. The van der Waals surface area contributed by atoms with Crippen molar-refractivity contribution in [2.24, 2.45) is 0 Å². The van der Waals surface area contributed by atoms with Gasteiger partial charge in [0.1, 0.15) is 12.1 Å². The number of para-hydroxylation sites is 1. The Bertz CT molecular complexity index is 1130. The lowest BCUT2D eigenvalue weighted by Gasteiger charge is -2.29. The van der Waals surface area contributed by atoms with Crippen molar-refractivity contribution in [2.75, 3.05) is 17.2 Å². The molecule has 2 aromatic carbocycles. The van der Waals surface area contributed by atoms with E-state index < -0.39 is 11.4 Å².